The predicted octanol–water partition coefficient (Wildman–Crippen LogP) is 6.10. The third-order valence-corrected chi connectivity index (χ3v) is 4.78. The van der Waals surface area contributed by atoms with Crippen LogP contribution < -0.4 is 4.74 Å². The lowest BCUT2D eigenvalue weighted by Crippen LogP contribution is -1.98. The fraction of sp³-hybridized carbons (Fsp3) is 0.250. The maximum Gasteiger partial charge on any atom is 0.118 e. The van der Waals surface area contributed by atoms with Crippen LogP contribution in [0.5, 0.6) is 5.75 Å². The summed E-state index contributed by atoms with van der Waals surface area (Å²) in [6, 6.07) is 25.9. The molecule has 0 atom stereocenters. The van der Waals surface area contributed by atoms with Crippen molar-refractivity contribution < 1.29 is 4.74 Å². The maximum atomic E-state index is 5.28. The van der Waals surface area contributed by atoms with Gasteiger partial charge < -0.3 is 4.74 Å². The number of methoxy groups -OCH3 is 1. The van der Waals surface area contributed by atoms with Crippen molar-refractivity contribution >= 4 is 0 Å². The largest absolute Gasteiger partial charge is 0.497 e. The van der Waals surface area contributed by atoms with Crippen LogP contribution in [0, 0.1) is 0 Å². The first-order valence-electron chi connectivity index (χ1n) is 9.11. The van der Waals surface area contributed by atoms with Gasteiger partial charge in [-0.1, -0.05) is 67.6 Å². The Hall–Kier alpha value is -2.54. The fourth-order valence-corrected chi connectivity index (χ4v) is 3.46. The minimum absolute atomic E-state index is 0.904. The zero-order chi connectivity index (χ0) is 17.5. The number of rotatable bonds is 7. The number of benzene rings is 3. The lowest BCUT2D eigenvalue weighted by atomic mass is 9.91. The Morgan fingerprint density at radius 3 is 2.20 bits per heavy atom. The van der Waals surface area contributed by atoms with Crippen LogP contribution in [-0.4, -0.2) is 7.11 Å². The molecule has 0 fully saturated rings. The van der Waals surface area contributed by atoms with Crippen molar-refractivity contribution in [3.05, 3.63) is 89.5 Å². The van der Waals surface area contributed by atoms with Crippen molar-refractivity contribution in [1.29, 1.82) is 0 Å². The fourth-order valence-electron chi connectivity index (χ4n) is 3.46. The summed E-state index contributed by atoms with van der Waals surface area (Å²) >= 11 is 0. The van der Waals surface area contributed by atoms with E-state index in [-0.39, 0.29) is 0 Å². The van der Waals surface area contributed by atoms with Crippen LogP contribution in [0.3, 0.4) is 0 Å². The van der Waals surface area contributed by atoms with Gasteiger partial charge in [0, 0.05) is 0 Å². The van der Waals surface area contributed by atoms with E-state index in [1.165, 1.54) is 34.2 Å². The van der Waals surface area contributed by atoms with Crippen LogP contribution in [0.15, 0.2) is 72.8 Å². The topological polar surface area (TPSA) is 9.23 Å². The van der Waals surface area contributed by atoms with Gasteiger partial charge in [-0.2, -0.15) is 0 Å². The molecule has 0 radical (unpaired) electrons. The van der Waals surface area contributed by atoms with Gasteiger partial charge in [0.25, 0.3) is 0 Å². The average Bonchev–Trinajstić information content (AvgIpc) is 2.68. The molecular formula is C24H26O. The molecule has 0 aliphatic rings. The quantitative estimate of drug-likeness (QED) is 0.508. The smallest absolute Gasteiger partial charge is 0.118 e. The summed E-state index contributed by atoms with van der Waals surface area (Å²) in [5, 5.41) is 0. The standard InChI is InChI=1S/C24H26O/c1-3-23-20(12-7-11-19-9-5-4-6-10-19)13-8-14-24(23)21-15-17-22(25-2)18-16-21/h4-6,8-10,13-18H,3,7,11-12H2,1-2H3. The molecule has 3 rings (SSSR count). The maximum absolute atomic E-state index is 5.28. The molecule has 0 aromatic heterocycles. The lowest BCUT2D eigenvalue weighted by molar-refractivity contribution is 0.415. The predicted molar refractivity (Wildman–Crippen MR) is 106 cm³/mol. The van der Waals surface area contributed by atoms with Crippen molar-refractivity contribution in [2.24, 2.45) is 0 Å². The normalized spacial score (nSPS) is 10.6. The van der Waals surface area contributed by atoms with E-state index in [4.69, 9.17) is 4.74 Å². The number of hydrogen-bond donors (Lipinski definition) is 0. The van der Waals surface area contributed by atoms with Crippen molar-refractivity contribution in [3.8, 4) is 16.9 Å². The number of ether oxygens (including phenoxy) is 1. The van der Waals surface area contributed by atoms with Gasteiger partial charge in [0.1, 0.15) is 5.75 Å². The van der Waals surface area contributed by atoms with Crippen LogP contribution in [0.2, 0.25) is 0 Å². The summed E-state index contributed by atoms with van der Waals surface area (Å²) < 4.78 is 5.28. The monoisotopic (exact) mass is 330 g/mol. The van der Waals surface area contributed by atoms with Crippen LogP contribution in [-0.2, 0) is 19.3 Å². The minimum Gasteiger partial charge on any atom is -0.497 e. The molecule has 0 saturated heterocycles. The van der Waals surface area contributed by atoms with E-state index in [9.17, 15) is 0 Å². The summed E-state index contributed by atoms with van der Waals surface area (Å²) in [4.78, 5) is 0. The Morgan fingerprint density at radius 2 is 1.52 bits per heavy atom. The van der Waals surface area contributed by atoms with Gasteiger partial charge in [0.05, 0.1) is 7.11 Å². The molecule has 0 heterocycles. The third-order valence-electron chi connectivity index (χ3n) is 4.78. The molecule has 128 valence electrons. The van der Waals surface area contributed by atoms with Crippen LogP contribution >= 0.6 is 0 Å². The first-order chi connectivity index (χ1) is 12.3. The Morgan fingerprint density at radius 1 is 0.760 bits per heavy atom. The van der Waals surface area contributed by atoms with Crippen LogP contribution in [0.1, 0.15) is 30.0 Å². The molecule has 1 heteroatoms. The molecule has 0 unspecified atom stereocenters. The minimum atomic E-state index is 0.904. The van der Waals surface area contributed by atoms with E-state index in [0.717, 1.165) is 25.0 Å². The van der Waals surface area contributed by atoms with E-state index in [1.807, 2.05) is 12.1 Å². The lowest BCUT2D eigenvalue weighted by Gasteiger charge is -2.14. The first-order valence-corrected chi connectivity index (χ1v) is 9.11. The molecule has 1 nitrogen and oxygen atoms in total. The summed E-state index contributed by atoms with van der Waals surface area (Å²) in [5.41, 5.74) is 6.99. The van der Waals surface area contributed by atoms with Crippen LogP contribution in [0.25, 0.3) is 11.1 Å². The van der Waals surface area contributed by atoms with Crippen molar-refractivity contribution in [2.75, 3.05) is 7.11 Å². The number of aryl methyl sites for hydroxylation is 2. The first kappa shape index (κ1) is 17.3. The highest BCUT2D eigenvalue weighted by Crippen LogP contribution is 2.29. The summed E-state index contributed by atoms with van der Waals surface area (Å²) in [7, 11) is 1.71. The second-order valence-corrected chi connectivity index (χ2v) is 6.36. The molecule has 0 N–H and O–H groups in total. The Bertz CT molecular complexity index is 788. The Balaban J connectivity index is 1.78. The van der Waals surface area contributed by atoms with Gasteiger partial charge in [0.2, 0.25) is 0 Å². The molecular weight excluding hydrogens is 304 g/mol. The highest BCUT2D eigenvalue weighted by Gasteiger charge is 2.09. The molecule has 3 aromatic rings. The van der Waals surface area contributed by atoms with E-state index >= 15 is 0 Å². The Kier molecular flexibility index (Phi) is 5.90. The Labute approximate surface area is 151 Å². The van der Waals surface area contributed by atoms with Gasteiger partial charge in [0.15, 0.2) is 0 Å². The zero-order valence-corrected chi connectivity index (χ0v) is 15.2. The molecule has 0 saturated carbocycles. The average molecular weight is 330 g/mol. The van der Waals surface area contributed by atoms with E-state index < -0.39 is 0 Å². The number of hydrogen-bond acceptors (Lipinski definition) is 1. The molecule has 3 aromatic carbocycles. The van der Waals surface area contributed by atoms with Gasteiger partial charge in [-0.15, -0.1) is 0 Å². The second-order valence-electron chi connectivity index (χ2n) is 6.36. The van der Waals surface area contributed by atoms with Gasteiger partial charge in [-0.3, -0.25) is 0 Å². The van der Waals surface area contributed by atoms with E-state index in [2.05, 4.69) is 67.6 Å². The summed E-state index contributed by atoms with van der Waals surface area (Å²) in [5.74, 6) is 0.904. The van der Waals surface area contributed by atoms with Crippen molar-refractivity contribution in [3.63, 3.8) is 0 Å². The summed E-state index contributed by atoms with van der Waals surface area (Å²) in [6.45, 7) is 2.25. The van der Waals surface area contributed by atoms with E-state index in [1.54, 1.807) is 7.11 Å². The zero-order valence-electron chi connectivity index (χ0n) is 15.2. The molecule has 25 heavy (non-hydrogen) atoms. The van der Waals surface area contributed by atoms with Crippen molar-refractivity contribution in [1.82, 2.24) is 0 Å². The van der Waals surface area contributed by atoms with Crippen molar-refractivity contribution in [2.45, 2.75) is 32.6 Å². The van der Waals surface area contributed by atoms with Crippen LogP contribution in [0.4, 0.5) is 0 Å². The van der Waals surface area contributed by atoms with E-state index in [0.29, 0.717) is 0 Å². The van der Waals surface area contributed by atoms with Gasteiger partial charge >= 0.3 is 0 Å². The second kappa shape index (κ2) is 8.53. The third kappa shape index (κ3) is 4.30. The van der Waals surface area contributed by atoms with Gasteiger partial charge in [-0.05, 0) is 65.6 Å². The molecule has 0 spiro atoms. The molecule has 0 bridgehead atoms. The molecule has 0 amide bonds. The molecule has 0 aliphatic heterocycles. The SMILES string of the molecule is CCc1c(CCCc2ccccc2)cccc1-c1ccc(OC)cc1. The molecule has 0 aliphatic carbocycles. The highest BCUT2D eigenvalue weighted by molar-refractivity contribution is 5.69. The van der Waals surface area contributed by atoms with Gasteiger partial charge in [-0.25, -0.2) is 0 Å². The highest BCUT2D eigenvalue weighted by atomic mass is 16.5. The summed E-state index contributed by atoms with van der Waals surface area (Å²) in [6.07, 6.45) is 4.50.